The molecule has 2 aromatic rings. The Balaban J connectivity index is 1.87. The first kappa shape index (κ1) is 20.1. The van der Waals surface area contributed by atoms with Crippen molar-refractivity contribution in [2.24, 2.45) is 5.10 Å². The predicted octanol–water partition coefficient (Wildman–Crippen LogP) is 4.65. The summed E-state index contributed by atoms with van der Waals surface area (Å²) in [6.07, 6.45) is 6.00. The number of anilines is 1. The molecule has 5 nitrogen and oxygen atoms in total. The van der Waals surface area contributed by atoms with Crippen LogP contribution in [0.15, 0.2) is 41.8 Å². The predicted molar refractivity (Wildman–Crippen MR) is 115 cm³/mol. The van der Waals surface area contributed by atoms with Gasteiger partial charge in [0.05, 0.1) is 11.8 Å². The largest absolute Gasteiger partial charge is 0.364 e. The van der Waals surface area contributed by atoms with Crippen molar-refractivity contribution in [3.05, 3.63) is 58.9 Å². The van der Waals surface area contributed by atoms with Crippen molar-refractivity contribution >= 4 is 17.8 Å². The van der Waals surface area contributed by atoms with E-state index in [1.165, 1.54) is 17.4 Å². The summed E-state index contributed by atoms with van der Waals surface area (Å²) < 4.78 is 0. The number of hydrogen-bond donors (Lipinski definition) is 1. The van der Waals surface area contributed by atoms with Crippen molar-refractivity contribution in [3.8, 4) is 0 Å². The van der Waals surface area contributed by atoms with Gasteiger partial charge >= 0.3 is 0 Å². The molecule has 1 aliphatic rings. The van der Waals surface area contributed by atoms with Gasteiger partial charge in [-0.1, -0.05) is 6.92 Å². The molecule has 0 aliphatic carbocycles. The molecule has 1 aromatic heterocycles. The quantitative estimate of drug-likeness (QED) is 0.622. The average Bonchev–Trinajstić information content (AvgIpc) is 2.62. The topological polar surface area (TPSA) is 57.6 Å². The minimum Gasteiger partial charge on any atom is -0.364 e. The van der Waals surface area contributed by atoms with Crippen molar-refractivity contribution in [1.29, 1.82) is 0 Å². The van der Waals surface area contributed by atoms with Crippen LogP contribution >= 0.6 is 0 Å². The van der Waals surface area contributed by atoms with Gasteiger partial charge in [0, 0.05) is 29.7 Å². The third kappa shape index (κ3) is 3.93. The molecular formula is C23H30N4O. The van der Waals surface area contributed by atoms with Gasteiger partial charge in [0.1, 0.15) is 0 Å². The molecular weight excluding hydrogens is 348 g/mol. The highest BCUT2D eigenvalue weighted by atomic mass is 16.2. The van der Waals surface area contributed by atoms with Crippen molar-refractivity contribution in [2.45, 2.75) is 65.5 Å². The number of aryl methyl sites for hydroxylation is 1. The highest BCUT2D eigenvalue weighted by Gasteiger charge is 2.37. The number of hydrogen-bond acceptors (Lipinski definition) is 4. The SMILES string of the molecule is Cc1cc2c(cc1/C=N\NC(=O)c1cccnc1)[C@H](C)CC(C)(C)N2C(C)C. The van der Waals surface area contributed by atoms with E-state index in [0.29, 0.717) is 17.5 Å². The summed E-state index contributed by atoms with van der Waals surface area (Å²) in [4.78, 5) is 18.6. The molecule has 148 valence electrons. The average molecular weight is 379 g/mol. The van der Waals surface area contributed by atoms with E-state index in [-0.39, 0.29) is 11.4 Å². The zero-order chi connectivity index (χ0) is 20.5. The number of hydrazone groups is 1. The van der Waals surface area contributed by atoms with Gasteiger partial charge in [0.25, 0.3) is 5.91 Å². The van der Waals surface area contributed by atoms with E-state index in [0.717, 1.165) is 17.5 Å². The summed E-state index contributed by atoms with van der Waals surface area (Å²) in [6.45, 7) is 13.5. The van der Waals surface area contributed by atoms with Gasteiger partial charge in [-0.2, -0.15) is 5.10 Å². The maximum absolute atomic E-state index is 12.1. The minimum atomic E-state index is -0.263. The van der Waals surface area contributed by atoms with E-state index < -0.39 is 0 Å². The zero-order valence-electron chi connectivity index (χ0n) is 17.7. The fourth-order valence-electron chi connectivity index (χ4n) is 4.45. The fourth-order valence-corrected chi connectivity index (χ4v) is 4.45. The van der Waals surface area contributed by atoms with Crippen LogP contribution in [0.2, 0.25) is 0 Å². The Hall–Kier alpha value is -2.69. The van der Waals surface area contributed by atoms with Crippen LogP contribution in [-0.2, 0) is 0 Å². The number of benzene rings is 1. The molecule has 0 saturated heterocycles. The first-order valence-electron chi connectivity index (χ1n) is 9.88. The van der Waals surface area contributed by atoms with Crippen LogP contribution in [0.3, 0.4) is 0 Å². The summed E-state index contributed by atoms with van der Waals surface area (Å²) in [5.41, 5.74) is 8.04. The number of carbonyl (C=O) groups is 1. The number of nitrogens with zero attached hydrogens (tertiary/aromatic N) is 3. The highest BCUT2D eigenvalue weighted by Crippen LogP contribution is 2.45. The lowest BCUT2D eigenvalue weighted by atomic mass is 9.78. The number of fused-ring (bicyclic) bond motifs is 1. The van der Waals surface area contributed by atoms with Crippen LogP contribution < -0.4 is 10.3 Å². The molecule has 0 unspecified atom stereocenters. The number of rotatable bonds is 4. The molecule has 1 atom stereocenters. The molecule has 0 spiro atoms. The van der Waals surface area contributed by atoms with Gasteiger partial charge in [0.15, 0.2) is 0 Å². The van der Waals surface area contributed by atoms with Crippen molar-refractivity contribution in [3.63, 3.8) is 0 Å². The Morgan fingerprint density at radius 3 is 2.79 bits per heavy atom. The smallest absolute Gasteiger partial charge is 0.272 e. The van der Waals surface area contributed by atoms with Crippen LogP contribution in [0, 0.1) is 6.92 Å². The maximum Gasteiger partial charge on any atom is 0.272 e. The minimum absolute atomic E-state index is 0.125. The van der Waals surface area contributed by atoms with Gasteiger partial charge in [-0.05, 0) is 87.9 Å². The number of carbonyl (C=O) groups excluding carboxylic acids is 1. The standard InChI is InChI=1S/C23H30N4O/c1-15(2)27-21-10-16(3)19(11-20(21)17(4)12-23(27,5)6)14-25-26-22(28)18-8-7-9-24-13-18/h7-11,13-15,17H,12H2,1-6H3,(H,26,28)/b25-14-/t17-/m1/s1. The molecule has 0 radical (unpaired) electrons. The molecule has 0 bridgehead atoms. The first-order valence-corrected chi connectivity index (χ1v) is 9.88. The first-order chi connectivity index (χ1) is 13.2. The van der Waals surface area contributed by atoms with E-state index in [9.17, 15) is 4.79 Å². The summed E-state index contributed by atoms with van der Waals surface area (Å²) in [5.74, 6) is 0.207. The second-order valence-corrected chi connectivity index (χ2v) is 8.59. The van der Waals surface area contributed by atoms with Gasteiger partial charge in [-0.25, -0.2) is 5.43 Å². The Morgan fingerprint density at radius 2 is 2.14 bits per heavy atom. The second-order valence-electron chi connectivity index (χ2n) is 8.59. The zero-order valence-corrected chi connectivity index (χ0v) is 17.7. The Labute approximate surface area is 167 Å². The molecule has 1 aromatic carbocycles. The van der Waals surface area contributed by atoms with E-state index in [2.05, 4.69) is 74.1 Å². The van der Waals surface area contributed by atoms with E-state index in [1.807, 2.05) is 0 Å². The molecule has 0 saturated carbocycles. The number of aromatic nitrogens is 1. The maximum atomic E-state index is 12.1. The molecule has 3 rings (SSSR count). The third-order valence-electron chi connectivity index (χ3n) is 5.47. The Morgan fingerprint density at radius 1 is 1.39 bits per heavy atom. The van der Waals surface area contributed by atoms with Gasteiger partial charge < -0.3 is 4.90 Å². The lowest BCUT2D eigenvalue weighted by molar-refractivity contribution is 0.0954. The fraction of sp³-hybridized carbons (Fsp3) is 0.435. The summed E-state index contributed by atoms with van der Waals surface area (Å²) in [7, 11) is 0. The lowest BCUT2D eigenvalue weighted by Crippen LogP contribution is -2.51. The number of amides is 1. The number of pyridine rings is 1. The molecule has 28 heavy (non-hydrogen) atoms. The molecule has 5 heteroatoms. The normalized spacial score (nSPS) is 18.4. The van der Waals surface area contributed by atoms with E-state index >= 15 is 0 Å². The van der Waals surface area contributed by atoms with Crippen LogP contribution in [0.1, 0.15) is 74.0 Å². The summed E-state index contributed by atoms with van der Waals surface area (Å²) >= 11 is 0. The molecule has 2 heterocycles. The van der Waals surface area contributed by atoms with Crippen molar-refractivity contribution in [1.82, 2.24) is 10.4 Å². The van der Waals surface area contributed by atoms with E-state index in [1.54, 1.807) is 24.5 Å². The van der Waals surface area contributed by atoms with Crippen molar-refractivity contribution in [2.75, 3.05) is 4.90 Å². The van der Waals surface area contributed by atoms with Gasteiger partial charge in [0.2, 0.25) is 0 Å². The molecule has 1 N–H and O–H groups in total. The summed E-state index contributed by atoms with van der Waals surface area (Å²) in [6, 6.07) is 8.36. The molecule has 0 fully saturated rings. The molecule has 1 amide bonds. The van der Waals surface area contributed by atoms with Crippen LogP contribution in [0.25, 0.3) is 0 Å². The van der Waals surface area contributed by atoms with Crippen molar-refractivity contribution < 1.29 is 4.79 Å². The Kier molecular flexibility index (Phi) is 5.54. The van der Waals surface area contributed by atoms with Gasteiger partial charge in [-0.3, -0.25) is 9.78 Å². The van der Waals surface area contributed by atoms with Gasteiger partial charge in [-0.15, -0.1) is 0 Å². The van der Waals surface area contributed by atoms with Crippen LogP contribution in [0.5, 0.6) is 0 Å². The monoisotopic (exact) mass is 378 g/mol. The van der Waals surface area contributed by atoms with E-state index in [4.69, 9.17) is 0 Å². The van der Waals surface area contributed by atoms with Crippen LogP contribution in [-0.4, -0.2) is 28.7 Å². The highest BCUT2D eigenvalue weighted by molar-refractivity contribution is 5.94. The van der Waals surface area contributed by atoms with Crippen LogP contribution in [0.4, 0.5) is 5.69 Å². The second kappa shape index (κ2) is 7.74. The lowest BCUT2D eigenvalue weighted by Gasteiger charge is -2.50. The third-order valence-corrected chi connectivity index (χ3v) is 5.47. The Bertz CT molecular complexity index is 887. The number of nitrogens with one attached hydrogen (secondary N) is 1. The summed E-state index contributed by atoms with van der Waals surface area (Å²) in [5, 5.41) is 4.17. The molecule has 1 aliphatic heterocycles.